The van der Waals surface area contributed by atoms with Crippen LogP contribution in [0.4, 0.5) is 17.2 Å². The Morgan fingerprint density at radius 3 is 2.78 bits per heavy atom. The fourth-order valence-electron chi connectivity index (χ4n) is 1.34. The SMILES string of the molecule is O=c1[nH]cnc(Nc2ccccc2Br)c1[N+](=O)[O-]. The number of hydrogen-bond acceptors (Lipinski definition) is 5. The van der Waals surface area contributed by atoms with Crippen LogP contribution in [0, 0.1) is 10.1 Å². The molecule has 0 unspecified atom stereocenters. The number of anilines is 2. The number of hydrogen-bond donors (Lipinski definition) is 2. The zero-order valence-electron chi connectivity index (χ0n) is 8.88. The van der Waals surface area contributed by atoms with Gasteiger partial charge in [0.1, 0.15) is 0 Å². The van der Waals surface area contributed by atoms with Crippen LogP contribution in [0.5, 0.6) is 0 Å². The van der Waals surface area contributed by atoms with Crippen molar-refractivity contribution in [2.24, 2.45) is 0 Å². The number of benzene rings is 1. The van der Waals surface area contributed by atoms with Crippen molar-refractivity contribution in [2.45, 2.75) is 0 Å². The van der Waals surface area contributed by atoms with Crippen molar-refractivity contribution in [1.82, 2.24) is 9.97 Å². The second-order valence-electron chi connectivity index (χ2n) is 3.29. The summed E-state index contributed by atoms with van der Waals surface area (Å²) in [6.07, 6.45) is 1.11. The Bertz CT molecular complexity index is 656. The van der Waals surface area contributed by atoms with Crippen LogP contribution in [0.25, 0.3) is 0 Å². The normalized spacial score (nSPS) is 10.1. The highest BCUT2D eigenvalue weighted by molar-refractivity contribution is 9.10. The Morgan fingerprint density at radius 2 is 2.11 bits per heavy atom. The summed E-state index contributed by atoms with van der Waals surface area (Å²) in [4.78, 5) is 27.3. The van der Waals surface area contributed by atoms with Crippen LogP contribution in [0.15, 0.2) is 39.9 Å². The van der Waals surface area contributed by atoms with Gasteiger partial charge in [-0.1, -0.05) is 12.1 Å². The quantitative estimate of drug-likeness (QED) is 0.668. The minimum atomic E-state index is -0.801. The number of halogens is 1. The number of aromatic amines is 1. The minimum absolute atomic E-state index is 0.101. The number of aromatic nitrogens is 2. The lowest BCUT2D eigenvalue weighted by Gasteiger charge is -2.06. The molecule has 0 aliphatic rings. The minimum Gasteiger partial charge on any atom is -0.333 e. The summed E-state index contributed by atoms with van der Waals surface area (Å²) >= 11 is 3.29. The van der Waals surface area contributed by atoms with Crippen molar-refractivity contribution in [1.29, 1.82) is 0 Å². The first-order valence-corrected chi connectivity index (χ1v) is 5.62. The van der Waals surface area contributed by atoms with Gasteiger partial charge in [0.25, 0.3) is 0 Å². The van der Waals surface area contributed by atoms with Gasteiger partial charge >= 0.3 is 11.2 Å². The molecule has 0 amide bonds. The molecule has 1 aromatic carbocycles. The van der Waals surface area contributed by atoms with E-state index in [1.54, 1.807) is 24.3 Å². The summed E-state index contributed by atoms with van der Waals surface area (Å²) in [6.45, 7) is 0. The first-order chi connectivity index (χ1) is 8.59. The van der Waals surface area contributed by atoms with Gasteiger partial charge in [-0.25, -0.2) is 4.98 Å². The average Bonchev–Trinajstić information content (AvgIpc) is 2.31. The van der Waals surface area contributed by atoms with E-state index in [0.717, 1.165) is 6.33 Å². The molecule has 0 fully saturated rings. The number of rotatable bonds is 3. The molecule has 1 aromatic heterocycles. The molecular formula is C10H7BrN4O3. The van der Waals surface area contributed by atoms with E-state index in [4.69, 9.17) is 0 Å². The summed E-state index contributed by atoms with van der Waals surface area (Å²) in [6, 6.07) is 7.03. The van der Waals surface area contributed by atoms with Crippen LogP contribution in [-0.2, 0) is 0 Å². The van der Waals surface area contributed by atoms with E-state index in [2.05, 4.69) is 31.2 Å². The van der Waals surface area contributed by atoms with E-state index in [1.165, 1.54) is 0 Å². The third-order valence-electron chi connectivity index (χ3n) is 2.14. The van der Waals surface area contributed by atoms with Crippen molar-refractivity contribution < 1.29 is 4.92 Å². The molecule has 0 aliphatic carbocycles. The van der Waals surface area contributed by atoms with Gasteiger partial charge in [0.2, 0.25) is 5.82 Å². The van der Waals surface area contributed by atoms with E-state index in [9.17, 15) is 14.9 Å². The molecule has 7 nitrogen and oxygen atoms in total. The summed E-state index contributed by atoms with van der Waals surface area (Å²) in [5.74, 6) is -0.101. The lowest BCUT2D eigenvalue weighted by Crippen LogP contribution is -2.14. The third-order valence-corrected chi connectivity index (χ3v) is 2.83. The molecule has 0 bridgehead atoms. The van der Waals surface area contributed by atoms with Gasteiger partial charge in [0, 0.05) is 4.47 Å². The molecule has 0 saturated carbocycles. The second-order valence-corrected chi connectivity index (χ2v) is 4.15. The lowest BCUT2D eigenvalue weighted by atomic mass is 10.3. The summed E-state index contributed by atoms with van der Waals surface area (Å²) < 4.78 is 0.710. The molecule has 1 heterocycles. The molecule has 92 valence electrons. The van der Waals surface area contributed by atoms with Crippen LogP contribution in [0.1, 0.15) is 0 Å². The van der Waals surface area contributed by atoms with Crippen LogP contribution >= 0.6 is 15.9 Å². The molecule has 0 spiro atoms. The highest BCUT2D eigenvalue weighted by Crippen LogP contribution is 2.26. The fourth-order valence-corrected chi connectivity index (χ4v) is 1.73. The molecule has 18 heavy (non-hydrogen) atoms. The van der Waals surface area contributed by atoms with Gasteiger partial charge in [0.15, 0.2) is 0 Å². The standard InChI is InChI=1S/C10H7BrN4O3/c11-6-3-1-2-4-7(6)14-9-8(15(17)18)10(16)13-5-12-9/h1-5H,(H2,12,13,14,16). The average molecular weight is 311 g/mol. The van der Waals surface area contributed by atoms with Crippen molar-refractivity contribution in [3.8, 4) is 0 Å². The van der Waals surface area contributed by atoms with Gasteiger partial charge in [-0.2, -0.15) is 0 Å². The van der Waals surface area contributed by atoms with Gasteiger partial charge in [0.05, 0.1) is 16.9 Å². The molecule has 2 aromatic rings. The predicted octanol–water partition coefficient (Wildman–Crippen LogP) is 2.18. The van der Waals surface area contributed by atoms with Crippen LogP contribution in [0.3, 0.4) is 0 Å². The van der Waals surface area contributed by atoms with Crippen molar-refractivity contribution >= 4 is 33.1 Å². The zero-order chi connectivity index (χ0) is 13.1. The van der Waals surface area contributed by atoms with Crippen molar-refractivity contribution in [3.63, 3.8) is 0 Å². The maximum Gasteiger partial charge on any atom is 0.376 e. The fraction of sp³-hybridized carbons (Fsp3) is 0. The number of nitrogens with zero attached hydrogens (tertiary/aromatic N) is 2. The Morgan fingerprint density at radius 1 is 1.39 bits per heavy atom. The maximum absolute atomic E-state index is 11.4. The summed E-state index contributed by atoms with van der Waals surface area (Å²) in [7, 11) is 0. The monoisotopic (exact) mass is 310 g/mol. The topological polar surface area (TPSA) is 101 Å². The van der Waals surface area contributed by atoms with E-state index < -0.39 is 16.2 Å². The Hall–Kier alpha value is -2.22. The Labute approximate surface area is 109 Å². The molecule has 2 N–H and O–H groups in total. The first-order valence-electron chi connectivity index (χ1n) is 4.83. The van der Waals surface area contributed by atoms with E-state index in [1.807, 2.05) is 0 Å². The molecule has 0 saturated heterocycles. The predicted molar refractivity (Wildman–Crippen MR) is 68.9 cm³/mol. The van der Waals surface area contributed by atoms with Crippen LogP contribution < -0.4 is 10.9 Å². The Kier molecular flexibility index (Phi) is 3.38. The second kappa shape index (κ2) is 4.96. The van der Waals surface area contributed by atoms with Gasteiger partial charge in [-0.15, -0.1) is 0 Å². The largest absolute Gasteiger partial charge is 0.376 e. The first kappa shape index (κ1) is 12.2. The molecule has 2 rings (SSSR count). The van der Waals surface area contributed by atoms with Crippen LogP contribution in [0.2, 0.25) is 0 Å². The smallest absolute Gasteiger partial charge is 0.333 e. The third kappa shape index (κ3) is 2.38. The van der Waals surface area contributed by atoms with Gasteiger partial charge in [-0.05, 0) is 28.1 Å². The van der Waals surface area contributed by atoms with Crippen molar-refractivity contribution in [3.05, 3.63) is 55.5 Å². The number of nitro groups is 1. The summed E-state index contributed by atoms with van der Waals surface area (Å²) in [5.41, 5.74) is -0.837. The van der Waals surface area contributed by atoms with E-state index >= 15 is 0 Å². The Balaban J connectivity index is 2.48. The van der Waals surface area contributed by atoms with Crippen molar-refractivity contribution in [2.75, 3.05) is 5.32 Å². The number of nitrogens with one attached hydrogen (secondary N) is 2. The molecule has 8 heteroatoms. The molecule has 0 aliphatic heterocycles. The highest BCUT2D eigenvalue weighted by atomic mass is 79.9. The zero-order valence-corrected chi connectivity index (χ0v) is 10.5. The molecular weight excluding hydrogens is 304 g/mol. The highest BCUT2D eigenvalue weighted by Gasteiger charge is 2.20. The molecule has 0 radical (unpaired) electrons. The number of H-pyrrole nitrogens is 1. The lowest BCUT2D eigenvalue weighted by molar-refractivity contribution is -0.385. The van der Waals surface area contributed by atoms with Crippen LogP contribution in [-0.4, -0.2) is 14.9 Å². The molecule has 0 atom stereocenters. The van der Waals surface area contributed by atoms with E-state index in [0.29, 0.717) is 10.2 Å². The van der Waals surface area contributed by atoms with Gasteiger partial charge in [-0.3, -0.25) is 14.9 Å². The number of para-hydroxylation sites is 1. The summed E-state index contributed by atoms with van der Waals surface area (Å²) in [5, 5.41) is 13.6. The van der Waals surface area contributed by atoms with Gasteiger partial charge < -0.3 is 10.3 Å². The maximum atomic E-state index is 11.4. The van der Waals surface area contributed by atoms with E-state index in [-0.39, 0.29) is 5.82 Å².